The van der Waals surface area contributed by atoms with Crippen LogP contribution in [0.15, 0.2) is 59.5 Å². The van der Waals surface area contributed by atoms with Gasteiger partial charge >= 0.3 is 0 Å². The molecule has 0 bridgehead atoms. The second-order valence-corrected chi connectivity index (χ2v) is 10.8. The summed E-state index contributed by atoms with van der Waals surface area (Å²) in [5, 5.41) is 0.0101. The van der Waals surface area contributed by atoms with Crippen molar-refractivity contribution in [1.29, 1.82) is 0 Å². The van der Waals surface area contributed by atoms with Crippen LogP contribution in [0.2, 0.25) is 0 Å². The first-order chi connectivity index (χ1) is 13.9. The van der Waals surface area contributed by atoms with Crippen molar-refractivity contribution < 1.29 is 16.8 Å². The smallest absolute Gasteiger partial charge is 0.240 e. The van der Waals surface area contributed by atoms with Crippen LogP contribution < -0.4 is 4.72 Å². The summed E-state index contributed by atoms with van der Waals surface area (Å²) < 4.78 is 47.2. The maximum Gasteiger partial charge on any atom is 0.240 e. The quantitative estimate of drug-likeness (QED) is 0.666. The predicted molar refractivity (Wildman–Crippen MR) is 116 cm³/mol. The van der Waals surface area contributed by atoms with Crippen molar-refractivity contribution >= 4 is 21.1 Å². The first kappa shape index (κ1) is 22.2. The van der Waals surface area contributed by atoms with Crippen LogP contribution >= 0.6 is 0 Å². The average molecular weight is 436 g/mol. The monoisotopic (exact) mass is 435 g/mol. The third-order valence-electron chi connectivity index (χ3n) is 5.28. The fourth-order valence-electron chi connectivity index (χ4n) is 3.60. The summed E-state index contributed by atoms with van der Waals surface area (Å²) in [6.45, 7) is 3.66. The average Bonchev–Trinajstić information content (AvgIpc) is 2.73. The van der Waals surface area contributed by atoms with Crippen molar-refractivity contribution in [2.24, 2.45) is 0 Å². The number of benzene rings is 2. The van der Waals surface area contributed by atoms with Crippen LogP contribution in [0.4, 0.5) is 0 Å². The Morgan fingerprint density at radius 2 is 1.62 bits per heavy atom. The Labute approximate surface area is 176 Å². The molecule has 0 saturated heterocycles. The molecule has 2 aromatic carbocycles. The van der Waals surface area contributed by atoms with E-state index in [1.54, 1.807) is 31.2 Å². The molecule has 0 spiro atoms. The van der Waals surface area contributed by atoms with Gasteiger partial charge in [0, 0.05) is 0 Å². The van der Waals surface area contributed by atoms with Gasteiger partial charge < -0.3 is 0 Å². The van der Waals surface area contributed by atoms with E-state index in [2.05, 4.69) is 4.72 Å². The fourth-order valence-corrected chi connectivity index (χ4v) is 6.20. The summed E-state index contributed by atoms with van der Waals surface area (Å²) in [5.41, 5.74) is 1.79. The molecule has 1 N–H and O–H groups in total. The van der Waals surface area contributed by atoms with Gasteiger partial charge in [-0.15, -0.1) is 0 Å². The number of nitrogens with one attached hydrogen (secondary N) is 1. The maximum atomic E-state index is 12.9. The van der Waals surface area contributed by atoms with Crippen molar-refractivity contribution in [3.63, 3.8) is 0 Å². The third-order valence-corrected chi connectivity index (χ3v) is 8.27. The highest BCUT2D eigenvalue weighted by atomic mass is 32.2. The minimum absolute atomic E-state index is 0.0101. The van der Waals surface area contributed by atoms with Crippen LogP contribution in [-0.2, 0) is 25.3 Å². The minimum atomic E-state index is -3.72. The molecule has 0 aromatic heterocycles. The Kier molecular flexibility index (Phi) is 7.62. The molecule has 1 saturated carbocycles. The molecular weight excluding hydrogens is 406 g/mol. The highest BCUT2D eigenvalue weighted by Crippen LogP contribution is 2.29. The van der Waals surface area contributed by atoms with Crippen LogP contribution in [-0.4, -0.2) is 23.9 Å². The molecule has 0 radical (unpaired) electrons. The summed E-state index contributed by atoms with van der Waals surface area (Å²) in [4.78, 5) is 0.204. The van der Waals surface area contributed by atoms with Gasteiger partial charge in [0.05, 0.1) is 16.2 Å². The van der Waals surface area contributed by atoms with Crippen molar-refractivity contribution in [1.82, 2.24) is 4.72 Å². The second kappa shape index (κ2) is 9.98. The van der Waals surface area contributed by atoms with E-state index in [-0.39, 0.29) is 10.1 Å². The first-order valence-electron chi connectivity index (χ1n) is 10.1. The summed E-state index contributed by atoms with van der Waals surface area (Å²) in [6.07, 6.45) is 4.42. The van der Waals surface area contributed by atoms with Crippen LogP contribution in [0, 0.1) is 6.92 Å². The molecule has 0 amide bonds. The summed E-state index contributed by atoms with van der Waals surface area (Å²) >= 11 is -1.47. The largest absolute Gasteiger partial charge is 0.280 e. The highest BCUT2D eigenvalue weighted by Gasteiger charge is 2.30. The first-order valence-corrected chi connectivity index (χ1v) is 12.7. The molecule has 3 rings (SSSR count). The van der Waals surface area contributed by atoms with Gasteiger partial charge in [-0.05, 0) is 44.4 Å². The van der Waals surface area contributed by atoms with Gasteiger partial charge in [-0.2, -0.15) is 0 Å². The van der Waals surface area contributed by atoms with Gasteiger partial charge in [0.15, 0.2) is 11.1 Å². The zero-order valence-electron chi connectivity index (χ0n) is 16.9. The lowest BCUT2D eigenvalue weighted by atomic mass is 10.0. The summed E-state index contributed by atoms with van der Waals surface area (Å²) in [6, 6.07) is 15.5. The minimum Gasteiger partial charge on any atom is -0.280 e. The Bertz CT molecular complexity index is 908. The Hall–Kier alpha value is -1.54. The summed E-state index contributed by atoms with van der Waals surface area (Å²) in [5.74, 6) is 0. The van der Waals surface area contributed by atoms with Crippen LogP contribution in [0.25, 0.3) is 0 Å². The SMILES string of the molecule is Cc1ccc(S(=O)(=O)N[C@@H](C)[C@H](O[S@](=O)C2CCCCC2)c2ccccc2)cc1. The van der Waals surface area contributed by atoms with E-state index in [9.17, 15) is 12.6 Å². The molecule has 2 aromatic rings. The van der Waals surface area contributed by atoms with Crippen molar-refractivity contribution in [2.45, 2.75) is 68.2 Å². The molecule has 1 fully saturated rings. The molecule has 158 valence electrons. The van der Waals surface area contributed by atoms with Gasteiger partial charge in [-0.1, -0.05) is 67.3 Å². The molecule has 7 heteroatoms. The van der Waals surface area contributed by atoms with Crippen LogP contribution in [0.5, 0.6) is 0 Å². The van der Waals surface area contributed by atoms with E-state index in [0.717, 1.165) is 36.8 Å². The number of hydrogen-bond acceptors (Lipinski definition) is 4. The van der Waals surface area contributed by atoms with Gasteiger partial charge in [0.2, 0.25) is 10.0 Å². The molecule has 0 aliphatic heterocycles. The van der Waals surface area contributed by atoms with Crippen LogP contribution in [0.3, 0.4) is 0 Å². The standard InChI is InChI=1S/C22H29NO4S2/c1-17-13-15-21(16-14-17)29(25,26)23-18(2)22(19-9-5-3-6-10-19)27-28(24)20-11-7-4-8-12-20/h3,5-6,9-10,13-16,18,20,22-23H,4,7-8,11-12H2,1-2H3/t18-,22-,28-/m0/s1. The zero-order chi connectivity index (χ0) is 20.9. The van der Waals surface area contributed by atoms with Crippen LogP contribution in [0.1, 0.15) is 56.3 Å². The van der Waals surface area contributed by atoms with Crippen molar-refractivity contribution in [3.8, 4) is 0 Å². The Morgan fingerprint density at radius 3 is 2.24 bits per heavy atom. The van der Waals surface area contributed by atoms with Crippen molar-refractivity contribution in [3.05, 3.63) is 65.7 Å². The topological polar surface area (TPSA) is 72.5 Å². The molecule has 1 aliphatic carbocycles. The highest BCUT2D eigenvalue weighted by molar-refractivity contribution is 7.89. The van der Waals surface area contributed by atoms with Gasteiger partial charge in [-0.3, -0.25) is 4.18 Å². The van der Waals surface area contributed by atoms with E-state index >= 15 is 0 Å². The van der Waals surface area contributed by atoms with E-state index < -0.39 is 33.2 Å². The van der Waals surface area contributed by atoms with Gasteiger partial charge in [0.25, 0.3) is 0 Å². The zero-order valence-corrected chi connectivity index (χ0v) is 18.5. The number of rotatable bonds is 8. The molecule has 1 aliphatic rings. The lowest BCUT2D eigenvalue weighted by Crippen LogP contribution is -2.39. The maximum absolute atomic E-state index is 12.9. The lowest BCUT2D eigenvalue weighted by Gasteiger charge is -2.28. The van der Waals surface area contributed by atoms with E-state index in [1.807, 2.05) is 37.3 Å². The third kappa shape index (κ3) is 5.98. The van der Waals surface area contributed by atoms with E-state index in [0.29, 0.717) is 0 Å². The predicted octanol–water partition coefficient (Wildman–Crippen LogP) is 4.42. The Balaban J connectivity index is 1.79. The molecule has 0 heterocycles. The molecule has 29 heavy (non-hydrogen) atoms. The number of aryl methyl sites for hydroxylation is 1. The van der Waals surface area contributed by atoms with Crippen molar-refractivity contribution in [2.75, 3.05) is 0 Å². The number of hydrogen-bond donors (Lipinski definition) is 1. The summed E-state index contributed by atoms with van der Waals surface area (Å²) in [7, 11) is -3.72. The van der Waals surface area contributed by atoms with Gasteiger partial charge in [0.1, 0.15) is 6.10 Å². The second-order valence-electron chi connectivity index (χ2n) is 7.67. The number of sulfonamides is 1. The van der Waals surface area contributed by atoms with E-state index in [1.165, 1.54) is 6.42 Å². The lowest BCUT2D eigenvalue weighted by molar-refractivity contribution is 0.190. The molecule has 0 unspecified atom stereocenters. The fraction of sp³-hybridized carbons (Fsp3) is 0.455. The Morgan fingerprint density at radius 1 is 1.00 bits per heavy atom. The molecule has 3 atom stereocenters. The normalized spacial score (nSPS) is 18.8. The van der Waals surface area contributed by atoms with Gasteiger partial charge in [-0.25, -0.2) is 17.3 Å². The molecule has 5 nitrogen and oxygen atoms in total. The van der Waals surface area contributed by atoms with E-state index in [4.69, 9.17) is 4.18 Å². The molecular formula is C22H29NO4S2.